The molecular formula is C23H24BrN3O5S. The van der Waals surface area contributed by atoms with Crippen LogP contribution in [0.4, 0.5) is 5.69 Å². The van der Waals surface area contributed by atoms with Crippen molar-refractivity contribution in [3.05, 3.63) is 67.0 Å². The molecule has 0 aliphatic carbocycles. The standard InChI is InChI=1S/C23H24BrN3O5S/c1-4-25-23-26(5-2)22(28)21(33-23)12-16-11-19(31-6-3)20(13-18(16)24)32-14-15-8-7-9-17(10-15)27(29)30/h7-13H,4-6,14H2,1-3H3. The van der Waals surface area contributed by atoms with Crippen LogP contribution in [0, 0.1) is 10.1 Å². The van der Waals surface area contributed by atoms with Crippen molar-refractivity contribution in [2.75, 3.05) is 19.7 Å². The highest BCUT2D eigenvalue weighted by molar-refractivity contribution is 9.10. The number of thioether (sulfide) groups is 1. The largest absolute Gasteiger partial charge is 0.490 e. The van der Waals surface area contributed by atoms with Crippen molar-refractivity contribution in [2.45, 2.75) is 27.4 Å². The summed E-state index contributed by atoms with van der Waals surface area (Å²) in [7, 11) is 0. The van der Waals surface area contributed by atoms with Gasteiger partial charge in [-0.05, 0) is 61.9 Å². The molecule has 0 aromatic heterocycles. The number of hydrogen-bond acceptors (Lipinski definition) is 7. The molecule has 33 heavy (non-hydrogen) atoms. The maximum Gasteiger partial charge on any atom is 0.269 e. The third kappa shape index (κ3) is 5.94. The first-order valence-corrected chi connectivity index (χ1v) is 12.1. The molecule has 1 saturated heterocycles. The molecule has 3 rings (SSSR count). The van der Waals surface area contributed by atoms with Crippen LogP contribution >= 0.6 is 27.7 Å². The Labute approximate surface area is 204 Å². The molecule has 10 heteroatoms. The van der Waals surface area contributed by atoms with E-state index >= 15 is 0 Å². The van der Waals surface area contributed by atoms with Crippen LogP contribution in [0.25, 0.3) is 6.08 Å². The number of non-ortho nitro benzene ring substituents is 1. The SMILES string of the molecule is CCN=C1SC(=Cc2cc(OCC)c(OCc3cccc([N+](=O)[O-])c3)cc2Br)C(=O)N1CC. The van der Waals surface area contributed by atoms with Crippen molar-refractivity contribution in [2.24, 2.45) is 4.99 Å². The zero-order valence-corrected chi connectivity index (χ0v) is 20.9. The summed E-state index contributed by atoms with van der Waals surface area (Å²) in [6.45, 7) is 7.45. The fraction of sp³-hybridized carbons (Fsp3) is 0.304. The molecule has 2 aromatic rings. The van der Waals surface area contributed by atoms with Gasteiger partial charge < -0.3 is 9.47 Å². The Morgan fingerprint density at radius 3 is 2.61 bits per heavy atom. The van der Waals surface area contributed by atoms with E-state index in [-0.39, 0.29) is 18.2 Å². The number of halogens is 1. The summed E-state index contributed by atoms with van der Waals surface area (Å²) in [5.41, 5.74) is 1.45. The topological polar surface area (TPSA) is 94.3 Å². The number of likely N-dealkylation sites (N-methyl/N-ethyl adjacent to an activating group) is 1. The van der Waals surface area contributed by atoms with Gasteiger partial charge in [-0.15, -0.1) is 0 Å². The number of nitrogens with zero attached hydrogens (tertiary/aromatic N) is 3. The van der Waals surface area contributed by atoms with E-state index in [9.17, 15) is 14.9 Å². The third-order valence-corrected chi connectivity index (χ3v) is 6.39. The number of benzene rings is 2. The molecule has 0 spiro atoms. The Hall–Kier alpha value is -2.85. The molecule has 0 N–H and O–H groups in total. The van der Waals surface area contributed by atoms with Crippen molar-refractivity contribution in [1.29, 1.82) is 0 Å². The minimum absolute atomic E-state index is 0.00937. The quantitative estimate of drug-likeness (QED) is 0.235. The Kier molecular flexibility index (Phi) is 8.51. The number of nitro benzene ring substituents is 1. The Morgan fingerprint density at radius 1 is 1.18 bits per heavy atom. The maximum atomic E-state index is 12.8. The minimum Gasteiger partial charge on any atom is -0.490 e. The summed E-state index contributed by atoms with van der Waals surface area (Å²) in [5, 5.41) is 11.7. The smallest absolute Gasteiger partial charge is 0.269 e. The Morgan fingerprint density at radius 2 is 1.94 bits per heavy atom. The molecule has 0 atom stereocenters. The molecule has 1 fully saturated rings. The van der Waals surface area contributed by atoms with Crippen LogP contribution in [0.5, 0.6) is 11.5 Å². The average Bonchev–Trinajstić information content (AvgIpc) is 3.09. The van der Waals surface area contributed by atoms with Gasteiger partial charge in [0.1, 0.15) is 6.61 Å². The highest BCUT2D eigenvalue weighted by atomic mass is 79.9. The number of nitro groups is 1. The number of rotatable bonds is 9. The fourth-order valence-electron chi connectivity index (χ4n) is 3.14. The Balaban J connectivity index is 1.88. The van der Waals surface area contributed by atoms with Crippen LogP contribution in [0.1, 0.15) is 31.9 Å². The molecule has 1 aliphatic rings. The van der Waals surface area contributed by atoms with E-state index < -0.39 is 4.92 Å². The molecule has 0 radical (unpaired) electrons. The Bertz CT molecular complexity index is 1120. The lowest BCUT2D eigenvalue weighted by Crippen LogP contribution is -2.28. The zero-order chi connectivity index (χ0) is 24.0. The molecule has 8 nitrogen and oxygen atoms in total. The van der Waals surface area contributed by atoms with E-state index in [0.717, 1.165) is 10.0 Å². The van der Waals surface area contributed by atoms with Gasteiger partial charge in [-0.2, -0.15) is 0 Å². The summed E-state index contributed by atoms with van der Waals surface area (Å²) in [6, 6.07) is 9.88. The maximum absolute atomic E-state index is 12.8. The van der Waals surface area contributed by atoms with Gasteiger partial charge in [0.2, 0.25) is 0 Å². The first kappa shape index (κ1) is 24.8. The van der Waals surface area contributed by atoms with E-state index in [1.54, 1.807) is 23.1 Å². The molecule has 1 heterocycles. The van der Waals surface area contributed by atoms with Crippen LogP contribution in [0.15, 0.2) is 50.8 Å². The second kappa shape index (κ2) is 11.3. The zero-order valence-electron chi connectivity index (χ0n) is 18.5. The van der Waals surface area contributed by atoms with Crippen molar-refractivity contribution >= 4 is 50.5 Å². The van der Waals surface area contributed by atoms with Crippen molar-refractivity contribution in [1.82, 2.24) is 4.90 Å². The average molecular weight is 534 g/mol. The van der Waals surface area contributed by atoms with Crippen LogP contribution < -0.4 is 9.47 Å². The van der Waals surface area contributed by atoms with Crippen LogP contribution in [-0.2, 0) is 11.4 Å². The van der Waals surface area contributed by atoms with Gasteiger partial charge in [0.15, 0.2) is 16.7 Å². The van der Waals surface area contributed by atoms with E-state index in [4.69, 9.17) is 9.47 Å². The summed E-state index contributed by atoms with van der Waals surface area (Å²) < 4.78 is 12.4. The van der Waals surface area contributed by atoms with Gasteiger partial charge in [0.05, 0.1) is 16.4 Å². The number of carbonyl (C=O) groups is 1. The number of ether oxygens (including phenoxy) is 2. The number of aliphatic imine (C=N–C) groups is 1. The van der Waals surface area contributed by atoms with Gasteiger partial charge in [0.25, 0.3) is 11.6 Å². The number of amidine groups is 1. The first-order valence-electron chi connectivity index (χ1n) is 10.5. The minimum atomic E-state index is -0.438. The van der Waals surface area contributed by atoms with Crippen LogP contribution in [0.2, 0.25) is 0 Å². The van der Waals surface area contributed by atoms with Gasteiger partial charge in [-0.3, -0.25) is 24.8 Å². The highest BCUT2D eigenvalue weighted by Crippen LogP contribution is 2.38. The lowest BCUT2D eigenvalue weighted by Gasteiger charge is -2.14. The first-order chi connectivity index (χ1) is 15.9. The van der Waals surface area contributed by atoms with E-state index in [1.807, 2.05) is 32.9 Å². The van der Waals surface area contributed by atoms with Crippen molar-refractivity contribution in [3.63, 3.8) is 0 Å². The van der Waals surface area contributed by atoms with E-state index in [1.165, 1.54) is 23.9 Å². The summed E-state index contributed by atoms with van der Waals surface area (Å²) in [4.78, 5) is 30.0. The molecule has 1 amide bonds. The second-order valence-electron chi connectivity index (χ2n) is 6.89. The number of hydrogen-bond donors (Lipinski definition) is 0. The van der Waals surface area contributed by atoms with Crippen LogP contribution in [0.3, 0.4) is 0 Å². The summed E-state index contributed by atoms with van der Waals surface area (Å²) in [6.07, 6.45) is 1.81. The number of carbonyl (C=O) groups excluding carboxylic acids is 1. The summed E-state index contributed by atoms with van der Waals surface area (Å²) >= 11 is 4.91. The van der Waals surface area contributed by atoms with Crippen molar-refractivity contribution < 1.29 is 19.2 Å². The molecule has 1 aliphatic heterocycles. The van der Waals surface area contributed by atoms with Crippen molar-refractivity contribution in [3.8, 4) is 11.5 Å². The molecule has 174 valence electrons. The molecule has 0 unspecified atom stereocenters. The van der Waals surface area contributed by atoms with Gasteiger partial charge in [-0.25, -0.2) is 0 Å². The highest BCUT2D eigenvalue weighted by Gasteiger charge is 2.32. The fourth-order valence-corrected chi connectivity index (χ4v) is 4.68. The second-order valence-corrected chi connectivity index (χ2v) is 8.75. The lowest BCUT2D eigenvalue weighted by atomic mass is 10.1. The molecular weight excluding hydrogens is 510 g/mol. The van der Waals surface area contributed by atoms with Crippen LogP contribution in [-0.4, -0.2) is 40.6 Å². The van der Waals surface area contributed by atoms with Gasteiger partial charge in [-0.1, -0.05) is 28.1 Å². The number of amides is 1. The summed E-state index contributed by atoms with van der Waals surface area (Å²) in [5.74, 6) is 0.931. The lowest BCUT2D eigenvalue weighted by molar-refractivity contribution is -0.384. The molecule has 0 saturated carbocycles. The third-order valence-electron chi connectivity index (χ3n) is 4.66. The normalized spacial score (nSPS) is 16.0. The monoisotopic (exact) mass is 533 g/mol. The van der Waals surface area contributed by atoms with E-state index in [2.05, 4.69) is 20.9 Å². The molecule has 0 bridgehead atoms. The predicted molar refractivity (Wildman–Crippen MR) is 134 cm³/mol. The van der Waals surface area contributed by atoms with Gasteiger partial charge >= 0.3 is 0 Å². The van der Waals surface area contributed by atoms with Gasteiger partial charge in [0, 0.05) is 29.7 Å². The predicted octanol–water partition coefficient (Wildman–Crippen LogP) is 5.65. The van der Waals surface area contributed by atoms with E-state index in [0.29, 0.717) is 46.8 Å². The molecule has 2 aromatic carbocycles.